The first-order valence-corrected chi connectivity index (χ1v) is 25.4. The van der Waals surface area contributed by atoms with E-state index in [1.54, 1.807) is 19.2 Å². The van der Waals surface area contributed by atoms with E-state index < -0.39 is 80.5 Å². The van der Waals surface area contributed by atoms with Crippen molar-refractivity contribution in [3.8, 4) is 22.9 Å². The molecule has 5 atom stereocenters. The lowest BCUT2D eigenvalue weighted by Crippen LogP contribution is -2.57. The van der Waals surface area contributed by atoms with E-state index in [-0.39, 0.29) is 57.8 Å². The van der Waals surface area contributed by atoms with Crippen molar-refractivity contribution in [3.63, 3.8) is 0 Å². The molecule has 5 heterocycles. The highest BCUT2D eigenvalue weighted by Gasteiger charge is 2.62. The predicted octanol–water partition coefficient (Wildman–Crippen LogP) is 6.65. The third-order valence-corrected chi connectivity index (χ3v) is 16.1. The number of amides is 4. The number of pyridine rings is 1. The number of hydrogen-bond acceptors (Lipinski definition) is 12. The molecule has 1 aromatic carbocycles. The lowest BCUT2D eigenvalue weighted by molar-refractivity contribution is -0.186. The Hall–Kier alpha value is -4.98. The van der Waals surface area contributed by atoms with Crippen LogP contribution in [0.25, 0.3) is 22.3 Å². The van der Waals surface area contributed by atoms with Crippen LogP contribution in [0.15, 0.2) is 35.7 Å². The first kappa shape index (κ1) is 47.5. The summed E-state index contributed by atoms with van der Waals surface area (Å²) in [6, 6.07) is 4.34. The minimum atomic E-state index is -4.36. The third kappa shape index (κ3) is 10.3. The van der Waals surface area contributed by atoms with E-state index in [9.17, 15) is 40.8 Å². The van der Waals surface area contributed by atoms with Crippen molar-refractivity contribution in [1.82, 2.24) is 29.8 Å². The number of ether oxygens (including phenoxy) is 2. The minimum absolute atomic E-state index is 0.0186. The van der Waals surface area contributed by atoms with E-state index in [1.807, 2.05) is 44.4 Å². The molecular formula is C46H58F3N7O8S2. The molecular weight excluding hydrogens is 900 g/mol. The smallest absolute Gasteiger partial charge is 0.391 e. The van der Waals surface area contributed by atoms with Crippen molar-refractivity contribution in [2.45, 2.75) is 133 Å². The number of piperidine rings is 1. The summed E-state index contributed by atoms with van der Waals surface area (Å²) in [7, 11) is -2.40. The number of anilines is 1. The van der Waals surface area contributed by atoms with Gasteiger partial charge in [0.05, 0.1) is 36.0 Å². The molecule has 358 valence electrons. The summed E-state index contributed by atoms with van der Waals surface area (Å²) in [6.45, 7) is 5.67. The first-order chi connectivity index (χ1) is 31.4. The van der Waals surface area contributed by atoms with Crippen LogP contribution in [0.3, 0.4) is 0 Å². The number of nitrogens with zero attached hydrogens (tertiary/aromatic N) is 4. The average Bonchev–Trinajstić information content (AvgIpc) is 4.16. The molecule has 5 aliphatic rings. The molecule has 2 aliphatic carbocycles. The summed E-state index contributed by atoms with van der Waals surface area (Å²) in [6.07, 6.45) is 1.88. The lowest BCUT2D eigenvalue weighted by Gasteiger charge is -2.34. The summed E-state index contributed by atoms with van der Waals surface area (Å²) in [4.78, 5) is 70.1. The SMILES string of the molecule is COc1ccc2c(O[C@@H]3C[C@H]4C(=O)NC5(C(=O)NS(=O)(=O)C6CC6)C[C@H]5C=CCCCCC[C@H](CC(=O)N5CCC(C(F)(F)F)CC5)C(=O)N4C3)cc(-c3csc(NC(C)C)n3)nc2c1C. The van der Waals surface area contributed by atoms with Gasteiger partial charge in [-0.05, 0) is 84.3 Å². The molecule has 0 bridgehead atoms. The van der Waals surface area contributed by atoms with Crippen molar-refractivity contribution >= 4 is 61.0 Å². The number of alkyl halides is 3. The van der Waals surface area contributed by atoms with Gasteiger partial charge in [0.1, 0.15) is 34.9 Å². The summed E-state index contributed by atoms with van der Waals surface area (Å²) in [5.74, 6) is -4.29. The highest BCUT2D eigenvalue weighted by molar-refractivity contribution is 7.91. The van der Waals surface area contributed by atoms with Crippen molar-refractivity contribution in [2.24, 2.45) is 17.8 Å². The topological polar surface area (TPSA) is 189 Å². The van der Waals surface area contributed by atoms with Crippen LogP contribution in [0.5, 0.6) is 11.5 Å². The molecule has 4 fully saturated rings. The summed E-state index contributed by atoms with van der Waals surface area (Å²) < 4.78 is 81.2. The number of aryl methyl sites for hydroxylation is 1. The Morgan fingerprint density at radius 2 is 1.79 bits per heavy atom. The van der Waals surface area contributed by atoms with E-state index in [0.717, 1.165) is 12.0 Å². The van der Waals surface area contributed by atoms with Crippen LogP contribution >= 0.6 is 11.3 Å². The number of sulfonamides is 1. The van der Waals surface area contributed by atoms with Gasteiger partial charge < -0.3 is 29.9 Å². The van der Waals surface area contributed by atoms with Crippen molar-refractivity contribution < 1.29 is 50.2 Å². The summed E-state index contributed by atoms with van der Waals surface area (Å²) >= 11 is 1.43. The van der Waals surface area contributed by atoms with Gasteiger partial charge in [-0.25, -0.2) is 18.4 Å². The number of hydrogen-bond donors (Lipinski definition) is 3. The highest BCUT2D eigenvalue weighted by Crippen LogP contribution is 2.46. The Morgan fingerprint density at radius 1 is 1.03 bits per heavy atom. The fourth-order valence-electron chi connectivity index (χ4n) is 9.49. The van der Waals surface area contributed by atoms with Gasteiger partial charge in [-0.15, -0.1) is 11.3 Å². The maximum atomic E-state index is 15.0. The molecule has 0 spiro atoms. The Kier molecular flexibility index (Phi) is 13.6. The van der Waals surface area contributed by atoms with Crippen molar-refractivity contribution in [2.75, 3.05) is 32.1 Å². The number of halogens is 3. The normalized spacial score (nSPS) is 25.7. The molecule has 8 rings (SSSR count). The maximum absolute atomic E-state index is 15.0. The molecule has 2 saturated carbocycles. The molecule has 2 aromatic heterocycles. The standard InChI is InChI=1S/C46H58F3N7O8S2/c1-26(2)50-44-52-35(25-65-44)34-22-38(33-14-15-37(63-4)27(3)40(33)51-34)64-31-21-36-41(58)53-45(43(60)54-66(61,62)32-12-13-32)23-30(45)11-9-7-5-6-8-10-28(42(59)56(36)24-31)20-39(57)55-18-16-29(17-19-55)46(47,48)49/h9,11,14-15,22,25-26,28-32,36H,5-8,10,12-13,16-21,23-24H2,1-4H3,(H,50,52)(H,53,58)(H,54,60)/t28-,30-,31-,36+,45?/m1/s1. The number of allylic oxidation sites excluding steroid dienone is 1. The Labute approximate surface area is 386 Å². The number of fused-ring (bicyclic) bond motifs is 3. The van der Waals surface area contributed by atoms with Crippen LogP contribution in [0.4, 0.5) is 18.3 Å². The second-order valence-electron chi connectivity index (χ2n) is 18.7. The van der Waals surface area contributed by atoms with Crippen LogP contribution in [0.2, 0.25) is 0 Å². The molecule has 3 N–H and O–H groups in total. The van der Waals surface area contributed by atoms with Crippen LogP contribution in [0.1, 0.15) is 96.5 Å². The molecule has 20 heteroatoms. The molecule has 66 heavy (non-hydrogen) atoms. The van der Waals surface area contributed by atoms with E-state index >= 15 is 0 Å². The molecule has 4 amide bonds. The van der Waals surface area contributed by atoms with Gasteiger partial charge in [0.15, 0.2) is 5.13 Å². The zero-order valence-electron chi connectivity index (χ0n) is 37.6. The van der Waals surface area contributed by atoms with Gasteiger partial charge in [0, 0.05) is 66.2 Å². The van der Waals surface area contributed by atoms with Crippen molar-refractivity contribution in [1.29, 1.82) is 0 Å². The van der Waals surface area contributed by atoms with Crippen LogP contribution in [-0.4, -0.2) is 114 Å². The van der Waals surface area contributed by atoms with E-state index in [0.29, 0.717) is 77.4 Å². The number of thiazole rings is 1. The number of carbonyl (C=O) groups is 4. The average molecular weight is 958 g/mol. The number of methoxy groups -OCH3 is 1. The monoisotopic (exact) mass is 957 g/mol. The predicted molar refractivity (Wildman–Crippen MR) is 242 cm³/mol. The fraction of sp³-hybridized carbons (Fsp3) is 0.609. The van der Waals surface area contributed by atoms with Gasteiger partial charge in [0.25, 0.3) is 5.91 Å². The third-order valence-electron chi connectivity index (χ3n) is 13.5. The largest absolute Gasteiger partial charge is 0.496 e. The Morgan fingerprint density at radius 3 is 2.48 bits per heavy atom. The van der Waals surface area contributed by atoms with Crippen LogP contribution < -0.4 is 24.8 Å². The van der Waals surface area contributed by atoms with Crippen LogP contribution in [0, 0.1) is 24.7 Å². The number of carbonyl (C=O) groups excluding carboxylic acids is 4. The second-order valence-corrected chi connectivity index (χ2v) is 21.5. The molecule has 1 unspecified atom stereocenters. The zero-order valence-corrected chi connectivity index (χ0v) is 39.3. The van der Waals surface area contributed by atoms with Gasteiger partial charge in [-0.3, -0.25) is 23.9 Å². The maximum Gasteiger partial charge on any atom is 0.391 e. The molecule has 3 aliphatic heterocycles. The van der Waals surface area contributed by atoms with E-state index in [2.05, 4.69) is 15.4 Å². The summed E-state index contributed by atoms with van der Waals surface area (Å²) in [5.41, 5.74) is 0.881. The lowest BCUT2D eigenvalue weighted by atomic mass is 9.92. The van der Waals surface area contributed by atoms with E-state index in [1.165, 1.54) is 21.1 Å². The molecule has 0 radical (unpaired) electrons. The van der Waals surface area contributed by atoms with Gasteiger partial charge in [-0.1, -0.05) is 25.0 Å². The van der Waals surface area contributed by atoms with Gasteiger partial charge >= 0.3 is 6.18 Å². The molecule has 2 saturated heterocycles. The second kappa shape index (κ2) is 19.0. The van der Waals surface area contributed by atoms with Crippen molar-refractivity contribution in [3.05, 3.63) is 41.3 Å². The minimum Gasteiger partial charge on any atom is -0.496 e. The zero-order chi connectivity index (χ0) is 47.1. The number of likely N-dealkylation sites (tertiary alicyclic amines) is 1. The number of rotatable bonds is 11. The quantitative estimate of drug-likeness (QED) is 0.175. The van der Waals surface area contributed by atoms with Gasteiger partial charge in [0.2, 0.25) is 27.7 Å². The number of nitrogens with one attached hydrogen (secondary N) is 3. The first-order valence-electron chi connectivity index (χ1n) is 22.9. The molecule has 15 nitrogen and oxygen atoms in total. The number of aromatic nitrogens is 2. The highest BCUT2D eigenvalue weighted by atomic mass is 32.2. The van der Waals surface area contributed by atoms with Crippen LogP contribution in [-0.2, 0) is 29.2 Å². The Bertz CT molecular complexity index is 2490. The summed E-state index contributed by atoms with van der Waals surface area (Å²) in [5, 5.41) is 8.77. The fourth-order valence-corrected chi connectivity index (χ4v) is 11.7. The van der Waals surface area contributed by atoms with Gasteiger partial charge in [-0.2, -0.15) is 13.2 Å². The number of benzene rings is 1. The van der Waals surface area contributed by atoms with E-state index in [4.69, 9.17) is 19.4 Å². The Balaban J connectivity index is 1.12. The molecule has 3 aromatic rings.